The molecule has 1 aliphatic rings. The van der Waals surface area contributed by atoms with Gasteiger partial charge in [0.15, 0.2) is 0 Å². The van der Waals surface area contributed by atoms with Crippen LogP contribution in [0.4, 0.5) is 10.1 Å². The molecule has 29 heavy (non-hydrogen) atoms. The average molecular weight is 441 g/mol. The Hall–Kier alpha value is -2.32. The van der Waals surface area contributed by atoms with Gasteiger partial charge in [-0.15, -0.1) is 0 Å². The molecule has 9 heteroatoms. The molecule has 0 saturated heterocycles. The molecule has 0 bridgehead atoms. The van der Waals surface area contributed by atoms with E-state index in [4.69, 9.17) is 16.3 Å². The molecule has 156 valence electrons. The molecular weight excluding hydrogens is 419 g/mol. The average Bonchev–Trinajstić information content (AvgIpc) is 2.60. The second kappa shape index (κ2) is 7.84. The molecule has 0 unspecified atom stereocenters. The number of amides is 1. The van der Waals surface area contributed by atoms with Crippen molar-refractivity contribution in [2.45, 2.75) is 31.9 Å². The van der Waals surface area contributed by atoms with Crippen LogP contribution in [-0.2, 0) is 14.8 Å². The lowest BCUT2D eigenvalue weighted by atomic mass is 9.89. The summed E-state index contributed by atoms with van der Waals surface area (Å²) in [6, 6.07) is 10.6. The Morgan fingerprint density at radius 2 is 2.00 bits per heavy atom. The molecule has 1 amide bonds. The Labute approximate surface area is 174 Å². The van der Waals surface area contributed by atoms with E-state index in [1.165, 1.54) is 12.1 Å². The highest BCUT2D eigenvalue weighted by atomic mass is 35.5. The SMILES string of the molecule is CC1(C)C[C@@H](NC(=O)CN(c2ccc(F)c(Cl)c2)S(C)(=O)=O)c2ccccc2O1. The van der Waals surface area contributed by atoms with Crippen LogP contribution in [0.1, 0.15) is 31.9 Å². The molecule has 2 aromatic carbocycles. The van der Waals surface area contributed by atoms with Crippen molar-refractivity contribution in [2.24, 2.45) is 0 Å². The Morgan fingerprint density at radius 3 is 2.66 bits per heavy atom. The van der Waals surface area contributed by atoms with Crippen molar-refractivity contribution in [3.63, 3.8) is 0 Å². The largest absolute Gasteiger partial charge is 0.487 e. The van der Waals surface area contributed by atoms with Gasteiger partial charge in [0.25, 0.3) is 0 Å². The zero-order valence-electron chi connectivity index (χ0n) is 16.3. The number of benzene rings is 2. The lowest BCUT2D eigenvalue weighted by Gasteiger charge is -2.38. The number of hydrogen-bond donors (Lipinski definition) is 1. The predicted molar refractivity (Wildman–Crippen MR) is 110 cm³/mol. The fraction of sp³-hybridized carbons (Fsp3) is 0.350. The molecule has 0 aliphatic carbocycles. The normalized spacial score (nSPS) is 17.8. The third-order valence-corrected chi connectivity index (χ3v) is 6.02. The van der Waals surface area contributed by atoms with Gasteiger partial charge in [-0.25, -0.2) is 12.8 Å². The van der Waals surface area contributed by atoms with Crippen LogP contribution in [0.2, 0.25) is 5.02 Å². The van der Waals surface area contributed by atoms with Crippen molar-refractivity contribution in [3.8, 4) is 5.75 Å². The van der Waals surface area contributed by atoms with Gasteiger partial charge in [-0.2, -0.15) is 0 Å². The molecule has 3 rings (SSSR count). The van der Waals surface area contributed by atoms with E-state index in [-0.39, 0.29) is 16.8 Å². The Balaban J connectivity index is 1.83. The number of rotatable bonds is 5. The molecule has 0 spiro atoms. The van der Waals surface area contributed by atoms with Crippen molar-refractivity contribution in [1.82, 2.24) is 5.32 Å². The first-order valence-corrected chi connectivity index (χ1v) is 11.2. The molecular formula is C20H22ClFN2O4S. The van der Waals surface area contributed by atoms with Crippen LogP contribution < -0.4 is 14.4 Å². The number of fused-ring (bicyclic) bond motifs is 1. The van der Waals surface area contributed by atoms with Crippen molar-refractivity contribution in [3.05, 3.63) is 58.9 Å². The smallest absolute Gasteiger partial charge is 0.241 e. The number of nitrogens with zero attached hydrogens (tertiary/aromatic N) is 1. The Bertz CT molecular complexity index is 1040. The first-order valence-electron chi connectivity index (χ1n) is 8.96. The van der Waals surface area contributed by atoms with Crippen LogP contribution in [-0.4, -0.2) is 32.7 Å². The zero-order chi connectivity index (χ0) is 21.4. The van der Waals surface area contributed by atoms with Gasteiger partial charge in [0, 0.05) is 12.0 Å². The van der Waals surface area contributed by atoms with E-state index in [2.05, 4.69) is 5.32 Å². The fourth-order valence-corrected chi connectivity index (χ4v) is 4.36. The summed E-state index contributed by atoms with van der Waals surface area (Å²) in [6.45, 7) is 3.39. The lowest BCUT2D eigenvalue weighted by molar-refractivity contribution is -0.120. The van der Waals surface area contributed by atoms with Crippen LogP contribution in [0.25, 0.3) is 0 Å². The predicted octanol–water partition coefficient (Wildman–Crippen LogP) is 3.66. The quantitative estimate of drug-likeness (QED) is 0.769. The molecule has 1 aliphatic heterocycles. The van der Waals surface area contributed by atoms with Crippen LogP contribution in [0.3, 0.4) is 0 Å². The van der Waals surface area contributed by atoms with Gasteiger partial charge in [0.2, 0.25) is 15.9 Å². The first kappa shape index (κ1) is 21.4. The lowest BCUT2D eigenvalue weighted by Crippen LogP contribution is -2.45. The highest BCUT2D eigenvalue weighted by Crippen LogP contribution is 2.39. The summed E-state index contributed by atoms with van der Waals surface area (Å²) in [5.41, 5.74) is 0.450. The number of para-hydroxylation sites is 1. The zero-order valence-corrected chi connectivity index (χ0v) is 17.8. The number of carbonyl (C=O) groups is 1. The minimum atomic E-state index is -3.80. The van der Waals surface area contributed by atoms with Crippen molar-refractivity contribution in [2.75, 3.05) is 17.1 Å². The van der Waals surface area contributed by atoms with Crippen LogP contribution in [0.15, 0.2) is 42.5 Å². The highest BCUT2D eigenvalue weighted by Gasteiger charge is 2.35. The van der Waals surface area contributed by atoms with Gasteiger partial charge in [-0.3, -0.25) is 9.10 Å². The summed E-state index contributed by atoms with van der Waals surface area (Å²) in [4.78, 5) is 12.7. The van der Waals surface area contributed by atoms with E-state index in [0.717, 1.165) is 22.2 Å². The number of carbonyl (C=O) groups excluding carboxylic acids is 1. The highest BCUT2D eigenvalue weighted by molar-refractivity contribution is 7.92. The van der Waals surface area contributed by atoms with E-state index in [1.54, 1.807) is 0 Å². The summed E-state index contributed by atoms with van der Waals surface area (Å²) in [5.74, 6) is -0.484. The molecule has 0 saturated carbocycles. The topological polar surface area (TPSA) is 75.7 Å². The number of anilines is 1. The Morgan fingerprint density at radius 1 is 1.31 bits per heavy atom. The van der Waals surface area contributed by atoms with Gasteiger partial charge in [0.1, 0.15) is 23.7 Å². The maximum absolute atomic E-state index is 13.5. The molecule has 0 aromatic heterocycles. The monoisotopic (exact) mass is 440 g/mol. The first-order chi connectivity index (χ1) is 13.5. The minimum absolute atomic E-state index is 0.113. The van der Waals surface area contributed by atoms with Crippen molar-refractivity contribution >= 4 is 33.2 Å². The molecule has 0 radical (unpaired) electrons. The molecule has 6 nitrogen and oxygen atoms in total. The third-order valence-electron chi connectivity index (χ3n) is 4.59. The van der Waals surface area contributed by atoms with E-state index >= 15 is 0 Å². The molecule has 1 N–H and O–H groups in total. The van der Waals surface area contributed by atoms with E-state index in [1.807, 2.05) is 38.1 Å². The van der Waals surface area contributed by atoms with Crippen molar-refractivity contribution in [1.29, 1.82) is 0 Å². The molecule has 0 fully saturated rings. The van der Waals surface area contributed by atoms with Gasteiger partial charge in [-0.1, -0.05) is 29.8 Å². The number of nitrogens with one attached hydrogen (secondary N) is 1. The van der Waals surface area contributed by atoms with E-state index in [9.17, 15) is 17.6 Å². The summed E-state index contributed by atoms with van der Waals surface area (Å²) in [5, 5.41) is 2.67. The molecule has 1 atom stereocenters. The summed E-state index contributed by atoms with van der Waals surface area (Å²) in [7, 11) is -3.80. The van der Waals surface area contributed by atoms with Gasteiger partial charge in [-0.05, 0) is 38.1 Å². The van der Waals surface area contributed by atoms with Crippen LogP contribution in [0.5, 0.6) is 5.75 Å². The fourth-order valence-electron chi connectivity index (χ4n) is 3.34. The number of hydrogen-bond acceptors (Lipinski definition) is 4. The summed E-state index contributed by atoms with van der Waals surface area (Å²) >= 11 is 5.78. The minimum Gasteiger partial charge on any atom is -0.487 e. The number of halogens is 2. The van der Waals surface area contributed by atoms with Gasteiger partial charge >= 0.3 is 0 Å². The second-order valence-corrected chi connectivity index (χ2v) is 9.91. The molecule has 2 aromatic rings. The van der Waals surface area contributed by atoms with Crippen LogP contribution >= 0.6 is 11.6 Å². The van der Waals surface area contributed by atoms with Gasteiger partial charge in [0.05, 0.1) is 23.0 Å². The third kappa shape index (κ3) is 5.00. The van der Waals surface area contributed by atoms with Crippen LogP contribution in [0, 0.1) is 5.82 Å². The number of sulfonamides is 1. The van der Waals surface area contributed by atoms with Gasteiger partial charge < -0.3 is 10.1 Å². The molecule has 1 heterocycles. The van der Waals surface area contributed by atoms with Crippen molar-refractivity contribution < 1.29 is 22.3 Å². The number of ether oxygens (including phenoxy) is 1. The van der Waals surface area contributed by atoms with E-state index in [0.29, 0.717) is 12.2 Å². The maximum Gasteiger partial charge on any atom is 0.241 e. The maximum atomic E-state index is 13.5. The summed E-state index contributed by atoms with van der Waals surface area (Å²) in [6.07, 6.45) is 1.50. The standard InChI is InChI=1S/C20H22ClFN2O4S/c1-20(2)11-17(14-6-4-5-7-18(14)28-20)23-19(25)12-24(29(3,26)27)13-8-9-16(22)15(21)10-13/h4-10,17H,11-12H2,1-3H3,(H,23,25)/t17-/m1/s1. The summed E-state index contributed by atoms with van der Waals surface area (Å²) < 4.78 is 44.8. The second-order valence-electron chi connectivity index (χ2n) is 7.59. The van der Waals surface area contributed by atoms with E-state index < -0.39 is 33.9 Å². The Kier molecular flexibility index (Phi) is 5.78.